The first-order valence-electron chi connectivity index (χ1n) is 7.06. The van der Waals surface area contributed by atoms with Gasteiger partial charge in [0.25, 0.3) is 0 Å². The molecular weight excluding hydrogens is 346 g/mol. The number of nitrogens with one attached hydrogen (secondary N) is 1. The summed E-state index contributed by atoms with van der Waals surface area (Å²) >= 11 is 2.57. The molecule has 3 rings (SSSR count). The summed E-state index contributed by atoms with van der Waals surface area (Å²) in [5, 5.41) is 21.4. The van der Waals surface area contributed by atoms with Crippen molar-refractivity contribution in [2.75, 3.05) is 0 Å². The first-order chi connectivity index (χ1) is 11.6. The number of phenols is 1. The van der Waals surface area contributed by atoms with E-state index in [0.717, 1.165) is 5.56 Å². The Labute approximate surface area is 146 Å². The summed E-state index contributed by atoms with van der Waals surface area (Å²) in [5.41, 5.74) is 0.774. The van der Waals surface area contributed by atoms with Crippen molar-refractivity contribution < 1.29 is 14.7 Å². The highest BCUT2D eigenvalue weighted by Crippen LogP contribution is 2.25. The van der Waals surface area contributed by atoms with Gasteiger partial charge in [0.2, 0.25) is 5.91 Å². The van der Waals surface area contributed by atoms with Crippen LogP contribution < -0.4 is 5.32 Å². The lowest BCUT2D eigenvalue weighted by molar-refractivity contribution is -0.118. The van der Waals surface area contributed by atoms with Crippen molar-refractivity contribution in [3.63, 3.8) is 0 Å². The highest BCUT2D eigenvalue weighted by atomic mass is 32.2. The summed E-state index contributed by atoms with van der Waals surface area (Å²) < 4.78 is 0. The lowest BCUT2D eigenvalue weighted by atomic mass is 10.2. The third-order valence-electron chi connectivity index (χ3n) is 3.19. The molecule has 2 aromatic rings. The molecular formula is C16H13N3O3S2. The molecule has 1 aromatic carbocycles. The maximum absolute atomic E-state index is 12.1. The van der Waals surface area contributed by atoms with Crippen molar-refractivity contribution in [2.45, 2.75) is 11.7 Å². The van der Waals surface area contributed by atoms with Gasteiger partial charge in [-0.05, 0) is 41.3 Å². The molecule has 2 heterocycles. The largest absolute Gasteiger partial charge is 0.508 e. The number of benzene rings is 1. The smallest absolute Gasteiger partial charge is 0.240 e. The van der Waals surface area contributed by atoms with Crippen LogP contribution in [0.5, 0.6) is 5.75 Å². The molecule has 0 radical (unpaired) electrons. The number of ketones is 1. The van der Waals surface area contributed by atoms with E-state index in [4.69, 9.17) is 0 Å². The summed E-state index contributed by atoms with van der Waals surface area (Å²) in [7, 11) is 0. The molecule has 0 aliphatic carbocycles. The van der Waals surface area contributed by atoms with Gasteiger partial charge in [0, 0.05) is 6.42 Å². The molecule has 1 fully saturated rings. The van der Waals surface area contributed by atoms with E-state index in [1.54, 1.807) is 30.3 Å². The number of rotatable bonds is 5. The monoisotopic (exact) mass is 359 g/mol. The van der Waals surface area contributed by atoms with Gasteiger partial charge in [-0.2, -0.15) is 5.10 Å². The highest BCUT2D eigenvalue weighted by Gasteiger charge is 2.32. The number of hydrogen-bond donors (Lipinski definition) is 2. The summed E-state index contributed by atoms with van der Waals surface area (Å²) in [4.78, 5) is 24.6. The molecule has 8 heteroatoms. The maximum atomic E-state index is 12.1. The van der Waals surface area contributed by atoms with E-state index in [-0.39, 0.29) is 23.9 Å². The van der Waals surface area contributed by atoms with Gasteiger partial charge in [-0.15, -0.1) is 16.4 Å². The number of thioether (sulfide) groups is 1. The molecule has 6 nitrogen and oxygen atoms in total. The van der Waals surface area contributed by atoms with Crippen LogP contribution in [0.15, 0.2) is 52.0 Å². The normalized spacial score (nSPS) is 19.1. The number of amidine groups is 1. The minimum atomic E-state index is -0.484. The Kier molecular flexibility index (Phi) is 5.07. The second-order valence-corrected chi connectivity index (χ2v) is 7.08. The number of phenolic OH excluding ortho intramolecular Hbond substituents is 1. The van der Waals surface area contributed by atoms with Gasteiger partial charge < -0.3 is 10.4 Å². The molecule has 1 aliphatic heterocycles. The molecule has 0 spiro atoms. The Balaban J connectivity index is 1.59. The molecule has 1 aliphatic rings. The van der Waals surface area contributed by atoms with Crippen molar-refractivity contribution in [1.82, 2.24) is 5.32 Å². The van der Waals surface area contributed by atoms with E-state index in [0.29, 0.717) is 10.0 Å². The van der Waals surface area contributed by atoms with Gasteiger partial charge in [0.15, 0.2) is 11.0 Å². The van der Waals surface area contributed by atoms with E-state index in [2.05, 4.69) is 15.5 Å². The van der Waals surface area contributed by atoms with Crippen LogP contribution in [-0.2, 0) is 4.79 Å². The molecule has 1 unspecified atom stereocenters. The van der Waals surface area contributed by atoms with E-state index in [1.165, 1.54) is 29.3 Å². The fourth-order valence-electron chi connectivity index (χ4n) is 2.00. The zero-order valence-corrected chi connectivity index (χ0v) is 14.0. The number of nitrogens with zero attached hydrogens (tertiary/aromatic N) is 2. The van der Waals surface area contributed by atoms with Crippen LogP contribution in [0, 0.1) is 0 Å². The molecule has 1 saturated heterocycles. The summed E-state index contributed by atoms with van der Waals surface area (Å²) in [5.74, 6) is -0.106. The van der Waals surface area contributed by atoms with Gasteiger partial charge in [0.05, 0.1) is 16.3 Å². The average molecular weight is 359 g/mol. The van der Waals surface area contributed by atoms with Gasteiger partial charge in [-0.1, -0.05) is 17.8 Å². The van der Waals surface area contributed by atoms with Crippen LogP contribution in [0.25, 0.3) is 0 Å². The molecule has 1 amide bonds. The predicted molar refractivity (Wildman–Crippen MR) is 95.9 cm³/mol. The van der Waals surface area contributed by atoms with Crippen molar-refractivity contribution in [3.05, 3.63) is 52.2 Å². The van der Waals surface area contributed by atoms with Crippen molar-refractivity contribution in [1.29, 1.82) is 0 Å². The number of carbonyl (C=O) groups excluding carboxylic acids is 2. The predicted octanol–water partition coefficient (Wildman–Crippen LogP) is 2.65. The third kappa shape index (κ3) is 4.09. The van der Waals surface area contributed by atoms with Gasteiger partial charge in [0.1, 0.15) is 5.75 Å². The number of carbonyl (C=O) groups is 2. The lowest BCUT2D eigenvalue weighted by Crippen LogP contribution is -2.26. The third-order valence-corrected chi connectivity index (χ3v) is 5.17. The Bertz CT molecular complexity index is 798. The molecule has 122 valence electrons. The van der Waals surface area contributed by atoms with Crippen molar-refractivity contribution in [3.8, 4) is 5.75 Å². The molecule has 2 N–H and O–H groups in total. The van der Waals surface area contributed by atoms with Crippen LogP contribution in [0.4, 0.5) is 0 Å². The van der Waals surface area contributed by atoms with Crippen molar-refractivity contribution in [2.24, 2.45) is 10.2 Å². The van der Waals surface area contributed by atoms with Crippen LogP contribution in [0.2, 0.25) is 0 Å². The Morgan fingerprint density at radius 3 is 2.79 bits per heavy atom. The maximum Gasteiger partial charge on any atom is 0.240 e. The lowest BCUT2D eigenvalue weighted by Gasteiger charge is -2.02. The standard InChI is InChI=1S/C16H13N3O3S2/c20-11-5-3-10(4-6-11)9-17-19-16-18-15(22)14(24-16)8-12(21)13-2-1-7-23-13/h1-7,9,14,20H,8H2,(H,18,19,22)/b17-9+. The van der Waals surface area contributed by atoms with Crippen molar-refractivity contribution >= 4 is 46.2 Å². The number of hydrogen-bond acceptors (Lipinski definition) is 7. The van der Waals surface area contributed by atoms with Gasteiger partial charge in [-0.25, -0.2) is 0 Å². The molecule has 1 atom stereocenters. The number of thiophene rings is 1. The number of Topliss-reactive ketones (excluding diaryl/α,β-unsaturated/α-hetero) is 1. The first kappa shape index (κ1) is 16.4. The Morgan fingerprint density at radius 2 is 2.08 bits per heavy atom. The summed E-state index contributed by atoms with van der Waals surface area (Å²) in [6.07, 6.45) is 1.65. The number of amides is 1. The Hall–Kier alpha value is -2.45. The average Bonchev–Trinajstić information content (AvgIpc) is 3.20. The van der Waals surface area contributed by atoms with Crippen LogP contribution >= 0.6 is 23.1 Å². The molecule has 24 heavy (non-hydrogen) atoms. The fourth-order valence-corrected chi connectivity index (χ4v) is 3.60. The second kappa shape index (κ2) is 7.41. The minimum Gasteiger partial charge on any atom is -0.508 e. The van der Waals surface area contributed by atoms with E-state index in [1.807, 2.05) is 11.4 Å². The zero-order chi connectivity index (χ0) is 16.9. The summed E-state index contributed by atoms with van der Waals surface area (Å²) in [6.45, 7) is 0. The van der Waals surface area contributed by atoms with Crippen LogP contribution in [0.1, 0.15) is 21.7 Å². The quantitative estimate of drug-likeness (QED) is 0.488. The molecule has 1 aromatic heterocycles. The Morgan fingerprint density at radius 1 is 1.29 bits per heavy atom. The van der Waals surface area contributed by atoms with Gasteiger partial charge >= 0.3 is 0 Å². The first-order valence-corrected chi connectivity index (χ1v) is 8.82. The number of aromatic hydroxyl groups is 1. The summed E-state index contributed by atoms with van der Waals surface area (Å²) in [6, 6.07) is 10.1. The fraction of sp³-hybridized carbons (Fsp3) is 0.125. The van der Waals surface area contributed by atoms with E-state index < -0.39 is 5.25 Å². The van der Waals surface area contributed by atoms with E-state index >= 15 is 0 Å². The molecule has 0 saturated carbocycles. The van der Waals surface area contributed by atoms with Gasteiger partial charge in [-0.3, -0.25) is 9.59 Å². The minimum absolute atomic E-state index is 0.0495. The molecule has 0 bridgehead atoms. The van der Waals surface area contributed by atoms with Crippen LogP contribution in [-0.4, -0.2) is 33.4 Å². The zero-order valence-electron chi connectivity index (χ0n) is 12.4. The highest BCUT2D eigenvalue weighted by molar-refractivity contribution is 8.15. The van der Waals surface area contributed by atoms with Crippen LogP contribution in [0.3, 0.4) is 0 Å². The second-order valence-electron chi connectivity index (χ2n) is 4.94. The topological polar surface area (TPSA) is 91.1 Å². The van der Waals surface area contributed by atoms with E-state index in [9.17, 15) is 14.7 Å². The SMILES string of the molecule is O=C(CC1S/C(=N\N=C\c2ccc(O)cc2)NC1=O)c1cccs1.